The molecule has 3 fully saturated rings. The normalized spacial score (nSPS) is 29.7. The third-order valence-electron chi connectivity index (χ3n) is 8.89. The lowest BCUT2D eigenvalue weighted by Crippen LogP contribution is -2.53. The van der Waals surface area contributed by atoms with Crippen LogP contribution < -0.4 is 10.2 Å². The van der Waals surface area contributed by atoms with Gasteiger partial charge in [0, 0.05) is 55.1 Å². The predicted molar refractivity (Wildman–Crippen MR) is 149 cm³/mol. The van der Waals surface area contributed by atoms with Gasteiger partial charge in [0.1, 0.15) is 6.02 Å². The third kappa shape index (κ3) is 4.25. The van der Waals surface area contributed by atoms with E-state index in [1.165, 1.54) is 25.8 Å². The molecule has 202 valence electrons. The summed E-state index contributed by atoms with van der Waals surface area (Å²) in [5.41, 5.74) is 2.69. The van der Waals surface area contributed by atoms with Crippen molar-refractivity contribution in [2.24, 2.45) is 5.41 Å². The van der Waals surface area contributed by atoms with Crippen LogP contribution in [0.1, 0.15) is 86.2 Å². The Hall–Kier alpha value is -3.52. The number of likely N-dealkylation sites (tertiary alicyclic amines) is 1. The topological polar surface area (TPSA) is 87.5 Å². The first-order valence-electron chi connectivity index (χ1n) is 16.3. The first kappa shape index (κ1) is 19.5. The van der Waals surface area contributed by atoms with Gasteiger partial charge in [-0.3, -0.25) is 29.3 Å². The highest BCUT2D eigenvalue weighted by molar-refractivity contribution is 6.27. The predicted octanol–water partition coefficient (Wildman–Crippen LogP) is 4.22. The standard InChI is InChI=1S/C31H35N5O3/c1-31(12-3-13-31)19-34-14-10-22(11-15-34)35-18-20(17-32-35)16-21-6-7-25-28-23(21)4-2-5-24(28)30(39)36(25)26-8-9-27(37)33-29(26)38/h2,4-7,17-18,22,26H,3,8-16,19H2,1H3,(H,33,37,38)/i8D2,9D2,26D. The van der Waals surface area contributed by atoms with Crippen LogP contribution in [0.3, 0.4) is 0 Å². The van der Waals surface area contributed by atoms with Gasteiger partial charge in [0.15, 0.2) is 0 Å². The van der Waals surface area contributed by atoms with Crippen LogP contribution in [0.4, 0.5) is 5.69 Å². The van der Waals surface area contributed by atoms with Gasteiger partial charge in [0.25, 0.3) is 5.91 Å². The molecule has 0 radical (unpaired) electrons. The van der Waals surface area contributed by atoms with E-state index < -0.39 is 36.5 Å². The lowest BCUT2D eigenvalue weighted by molar-refractivity contribution is -0.134. The van der Waals surface area contributed by atoms with E-state index in [2.05, 4.69) is 22.7 Å². The number of aromatic nitrogens is 2. The lowest BCUT2D eigenvalue weighted by Gasteiger charge is -2.44. The number of imide groups is 1. The molecule has 8 nitrogen and oxygen atoms in total. The average Bonchev–Trinajstić information content (AvgIpc) is 3.56. The smallest absolute Gasteiger partial charge is 0.259 e. The molecule has 2 saturated heterocycles. The van der Waals surface area contributed by atoms with Crippen molar-refractivity contribution in [1.82, 2.24) is 20.0 Å². The summed E-state index contributed by atoms with van der Waals surface area (Å²) < 4.78 is 44.1. The molecule has 7 rings (SSSR count). The summed E-state index contributed by atoms with van der Waals surface area (Å²) in [5.74, 6) is -3.67. The fraction of sp³-hybridized carbons (Fsp3) is 0.484. The summed E-state index contributed by atoms with van der Waals surface area (Å²) in [6.45, 7) is 5.71. The Morgan fingerprint density at radius 1 is 1.15 bits per heavy atom. The molecule has 1 saturated carbocycles. The number of anilines is 1. The number of nitrogens with zero attached hydrogens (tertiary/aromatic N) is 4. The largest absolute Gasteiger partial charge is 0.303 e. The molecule has 39 heavy (non-hydrogen) atoms. The molecule has 3 aliphatic heterocycles. The minimum Gasteiger partial charge on any atom is -0.303 e. The molecule has 4 aliphatic rings. The maximum Gasteiger partial charge on any atom is 0.259 e. The van der Waals surface area contributed by atoms with E-state index in [0.717, 1.165) is 37.1 Å². The van der Waals surface area contributed by atoms with Crippen LogP contribution in [0.25, 0.3) is 10.8 Å². The number of carbonyl (C=O) groups excluding carboxylic acids is 3. The molecule has 1 unspecified atom stereocenters. The Bertz CT molecular complexity index is 1710. The Balaban J connectivity index is 1.15. The van der Waals surface area contributed by atoms with E-state index in [0.29, 0.717) is 33.6 Å². The Labute approximate surface area is 235 Å². The van der Waals surface area contributed by atoms with Gasteiger partial charge in [-0.05, 0) is 66.1 Å². The summed E-state index contributed by atoms with van der Waals surface area (Å²) in [7, 11) is 0. The van der Waals surface area contributed by atoms with Crippen molar-refractivity contribution in [3.63, 3.8) is 0 Å². The van der Waals surface area contributed by atoms with E-state index in [4.69, 9.17) is 12.0 Å². The van der Waals surface area contributed by atoms with Crippen molar-refractivity contribution in [2.75, 3.05) is 24.5 Å². The maximum absolute atomic E-state index is 13.7. The third-order valence-corrected chi connectivity index (χ3v) is 8.89. The van der Waals surface area contributed by atoms with Gasteiger partial charge in [-0.2, -0.15) is 5.10 Å². The van der Waals surface area contributed by atoms with Crippen LogP contribution in [0.5, 0.6) is 0 Å². The fourth-order valence-electron chi connectivity index (χ4n) is 6.65. The summed E-state index contributed by atoms with van der Waals surface area (Å²) in [6, 6.07) is 5.71. The highest BCUT2D eigenvalue weighted by atomic mass is 16.2. The van der Waals surface area contributed by atoms with Gasteiger partial charge >= 0.3 is 0 Å². The molecule has 4 heterocycles. The Morgan fingerprint density at radius 3 is 2.74 bits per heavy atom. The van der Waals surface area contributed by atoms with E-state index in [1.54, 1.807) is 29.6 Å². The van der Waals surface area contributed by atoms with Gasteiger partial charge in [-0.15, -0.1) is 0 Å². The molecule has 8 heteroatoms. The van der Waals surface area contributed by atoms with Crippen LogP contribution in [0.15, 0.2) is 42.7 Å². The van der Waals surface area contributed by atoms with Gasteiger partial charge in [0.05, 0.1) is 19.3 Å². The summed E-state index contributed by atoms with van der Waals surface area (Å²) >= 11 is 0. The highest BCUT2D eigenvalue weighted by Crippen LogP contribution is 2.42. The van der Waals surface area contributed by atoms with Gasteiger partial charge in [-0.1, -0.05) is 31.5 Å². The number of hydrogen-bond donors (Lipinski definition) is 1. The molecular weight excluding hydrogens is 490 g/mol. The van der Waals surface area contributed by atoms with Crippen molar-refractivity contribution >= 4 is 34.2 Å². The number of rotatable bonds is 6. The second-order valence-electron chi connectivity index (χ2n) is 11.7. The number of amides is 3. The van der Waals surface area contributed by atoms with Crippen molar-refractivity contribution in [2.45, 2.75) is 70.3 Å². The van der Waals surface area contributed by atoms with Gasteiger partial charge in [-0.25, -0.2) is 0 Å². The monoisotopic (exact) mass is 530 g/mol. The first-order valence-corrected chi connectivity index (χ1v) is 13.8. The minimum absolute atomic E-state index is 0.127. The van der Waals surface area contributed by atoms with Crippen molar-refractivity contribution in [3.8, 4) is 0 Å². The van der Waals surface area contributed by atoms with Crippen LogP contribution in [0.2, 0.25) is 0 Å². The molecule has 0 bridgehead atoms. The van der Waals surface area contributed by atoms with Crippen molar-refractivity contribution in [1.29, 1.82) is 0 Å². The first-order chi connectivity index (χ1) is 20.8. The SMILES string of the molecule is [2H]C1([2H])C(=O)NC(=O)C([2H])(N2C(=O)c3cccc4c(Cc5cnn(C6CCN(CC7(C)CCC7)CC6)c5)ccc2c34)C1([2H])[2H]. The van der Waals surface area contributed by atoms with Crippen LogP contribution in [-0.4, -0.2) is 58.1 Å². The highest BCUT2D eigenvalue weighted by Gasteiger charge is 2.41. The molecule has 3 amide bonds. The maximum atomic E-state index is 13.7. The molecule has 1 atom stereocenters. The van der Waals surface area contributed by atoms with E-state index in [9.17, 15) is 14.4 Å². The number of carbonyl (C=O) groups is 3. The van der Waals surface area contributed by atoms with Crippen LogP contribution >= 0.6 is 0 Å². The quantitative estimate of drug-likeness (QED) is 0.482. The molecule has 2 aromatic carbocycles. The second-order valence-corrected chi connectivity index (χ2v) is 11.7. The van der Waals surface area contributed by atoms with Crippen molar-refractivity contribution in [3.05, 3.63) is 59.4 Å². The minimum atomic E-state index is -3.35. The van der Waals surface area contributed by atoms with E-state index in [-0.39, 0.29) is 11.3 Å². The molecular formula is C31H35N5O3. The van der Waals surface area contributed by atoms with Crippen LogP contribution in [0, 0.1) is 5.41 Å². The zero-order valence-corrected chi connectivity index (χ0v) is 22.0. The summed E-state index contributed by atoms with van der Waals surface area (Å²) in [4.78, 5) is 42.2. The zero-order chi connectivity index (χ0) is 31.2. The number of benzene rings is 2. The second kappa shape index (κ2) is 9.30. The molecule has 0 spiro atoms. The van der Waals surface area contributed by atoms with E-state index >= 15 is 0 Å². The van der Waals surface area contributed by atoms with Crippen LogP contribution in [-0.2, 0) is 16.0 Å². The molecule has 3 aromatic rings. The number of nitrogens with one attached hydrogen (secondary N) is 1. The fourth-order valence-corrected chi connectivity index (χ4v) is 6.65. The Kier molecular flexibility index (Phi) is 4.65. The molecule has 1 N–H and O–H groups in total. The van der Waals surface area contributed by atoms with Gasteiger partial charge in [0.2, 0.25) is 11.8 Å². The number of hydrogen-bond acceptors (Lipinski definition) is 5. The zero-order valence-electron chi connectivity index (χ0n) is 27.0. The lowest BCUT2D eigenvalue weighted by atomic mass is 9.70. The van der Waals surface area contributed by atoms with Crippen molar-refractivity contribution < 1.29 is 21.2 Å². The molecule has 1 aliphatic carbocycles. The van der Waals surface area contributed by atoms with Gasteiger partial charge < -0.3 is 4.90 Å². The number of piperidine rings is 2. The summed E-state index contributed by atoms with van der Waals surface area (Å²) in [6.07, 6.45) is 3.98. The molecule has 1 aromatic heterocycles. The average molecular weight is 531 g/mol. The van der Waals surface area contributed by atoms with E-state index in [1.807, 2.05) is 12.3 Å². The summed E-state index contributed by atoms with van der Waals surface area (Å²) in [5, 5.41) is 7.64. The Morgan fingerprint density at radius 2 is 1.97 bits per heavy atom.